The topological polar surface area (TPSA) is 93.1 Å². The fraction of sp³-hybridized carbons (Fsp3) is 0.900. The van der Waals surface area contributed by atoms with Crippen LogP contribution in [0.2, 0.25) is 0 Å². The molecule has 0 saturated carbocycles. The second kappa shape index (κ2) is 6.46. The highest BCUT2D eigenvalue weighted by Crippen LogP contribution is 2.25. The summed E-state index contributed by atoms with van der Waals surface area (Å²) in [6, 6.07) is -0.533. The average Bonchev–Trinajstić information content (AvgIpc) is 2.69. The third-order valence-electron chi connectivity index (χ3n) is 2.97. The van der Waals surface area contributed by atoms with Gasteiger partial charge in [0.25, 0.3) is 0 Å². The Morgan fingerprint density at radius 1 is 1.44 bits per heavy atom. The molecule has 1 fully saturated rings. The van der Waals surface area contributed by atoms with E-state index in [-0.39, 0.29) is 31.4 Å². The smallest absolute Gasteiger partial charge is 0.304 e. The summed E-state index contributed by atoms with van der Waals surface area (Å²) < 4.78 is 35.2. The summed E-state index contributed by atoms with van der Waals surface area (Å²) in [6.45, 7) is 0.302. The van der Waals surface area contributed by atoms with Crippen LogP contribution in [0.1, 0.15) is 12.8 Å². The van der Waals surface area contributed by atoms with Gasteiger partial charge < -0.3 is 14.6 Å². The van der Waals surface area contributed by atoms with Gasteiger partial charge in [-0.15, -0.1) is 0 Å². The Labute approximate surface area is 107 Å². The molecule has 0 aromatic carbocycles. The van der Waals surface area contributed by atoms with Gasteiger partial charge in [-0.1, -0.05) is 0 Å². The van der Waals surface area contributed by atoms with Crippen molar-refractivity contribution in [2.45, 2.75) is 25.0 Å². The van der Waals surface area contributed by atoms with Gasteiger partial charge in [0.1, 0.15) is 0 Å². The lowest BCUT2D eigenvalue weighted by Gasteiger charge is -2.22. The van der Waals surface area contributed by atoms with Crippen LogP contribution >= 0.6 is 0 Å². The predicted molar refractivity (Wildman–Crippen MR) is 63.8 cm³/mol. The summed E-state index contributed by atoms with van der Waals surface area (Å²) in [5, 5.41) is 8.81. The van der Waals surface area contributed by atoms with Gasteiger partial charge in [-0.05, 0) is 6.42 Å². The normalized spacial score (nSPS) is 25.4. The molecule has 1 heterocycles. The van der Waals surface area contributed by atoms with Crippen LogP contribution in [0.15, 0.2) is 0 Å². The first-order valence-electron chi connectivity index (χ1n) is 5.63. The van der Waals surface area contributed by atoms with Gasteiger partial charge in [0.05, 0.1) is 24.9 Å². The Morgan fingerprint density at radius 2 is 2.11 bits per heavy atom. The third-order valence-corrected chi connectivity index (χ3v) is 4.82. The van der Waals surface area contributed by atoms with E-state index in [1.807, 2.05) is 0 Å². The molecule has 1 saturated heterocycles. The van der Waals surface area contributed by atoms with E-state index >= 15 is 0 Å². The van der Waals surface area contributed by atoms with Gasteiger partial charge in [0.15, 0.2) is 0 Å². The van der Waals surface area contributed by atoms with Crippen LogP contribution in [0.25, 0.3) is 0 Å². The van der Waals surface area contributed by atoms with Gasteiger partial charge in [-0.2, -0.15) is 4.31 Å². The highest BCUT2D eigenvalue weighted by molar-refractivity contribution is 7.89. The lowest BCUT2D eigenvalue weighted by molar-refractivity contribution is -0.137. The number of carbonyl (C=O) groups is 1. The van der Waals surface area contributed by atoms with Crippen LogP contribution in [0.3, 0.4) is 0 Å². The minimum atomic E-state index is -3.49. The first-order chi connectivity index (χ1) is 8.40. The molecule has 0 aromatic rings. The monoisotopic (exact) mass is 281 g/mol. The van der Waals surface area contributed by atoms with Crippen LogP contribution in [-0.2, 0) is 24.3 Å². The SMILES string of the molecule is COCCS(=O)(=O)N1CC(OC)CC1CC(=O)O. The zero-order valence-corrected chi connectivity index (χ0v) is 11.4. The van der Waals surface area contributed by atoms with Gasteiger partial charge in [-0.3, -0.25) is 4.79 Å². The summed E-state index contributed by atoms with van der Waals surface area (Å²) in [5.74, 6) is -1.15. The minimum absolute atomic E-state index is 0.0935. The predicted octanol–water partition coefficient (Wildman–Crippen LogP) is -0.473. The number of hydrogen-bond acceptors (Lipinski definition) is 5. The Morgan fingerprint density at radius 3 is 2.61 bits per heavy atom. The van der Waals surface area contributed by atoms with E-state index in [4.69, 9.17) is 14.6 Å². The first-order valence-corrected chi connectivity index (χ1v) is 7.24. The summed E-state index contributed by atoms with van der Waals surface area (Å²) >= 11 is 0. The molecule has 1 aliphatic rings. The first kappa shape index (κ1) is 15.4. The molecule has 0 aliphatic carbocycles. The van der Waals surface area contributed by atoms with E-state index in [2.05, 4.69) is 0 Å². The number of carboxylic acid groups (broad SMARTS) is 1. The molecule has 0 radical (unpaired) electrons. The summed E-state index contributed by atoms with van der Waals surface area (Å²) in [5.41, 5.74) is 0. The fourth-order valence-corrected chi connectivity index (χ4v) is 3.67. The number of ether oxygens (including phenoxy) is 2. The second-order valence-corrected chi connectivity index (χ2v) is 6.26. The van der Waals surface area contributed by atoms with Crippen molar-refractivity contribution in [2.75, 3.05) is 33.1 Å². The molecule has 8 heteroatoms. The van der Waals surface area contributed by atoms with Crippen molar-refractivity contribution >= 4 is 16.0 Å². The lowest BCUT2D eigenvalue weighted by Crippen LogP contribution is -2.39. The van der Waals surface area contributed by atoms with Gasteiger partial charge in [0, 0.05) is 26.8 Å². The lowest BCUT2D eigenvalue weighted by atomic mass is 10.1. The third kappa shape index (κ3) is 3.91. The van der Waals surface area contributed by atoms with Crippen molar-refractivity contribution in [1.82, 2.24) is 4.31 Å². The zero-order valence-electron chi connectivity index (χ0n) is 10.5. The van der Waals surface area contributed by atoms with E-state index in [0.717, 1.165) is 0 Å². The van der Waals surface area contributed by atoms with E-state index in [1.165, 1.54) is 18.5 Å². The number of nitrogens with zero attached hydrogens (tertiary/aromatic N) is 1. The van der Waals surface area contributed by atoms with Crippen LogP contribution in [0.4, 0.5) is 0 Å². The maximum Gasteiger partial charge on any atom is 0.304 e. The van der Waals surface area contributed by atoms with E-state index < -0.39 is 22.0 Å². The number of rotatable bonds is 7. The van der Waals surface area contributed by atoms with Crippen molar-refractivity contribution in [3.63, 3.8) is 0 Å². The second-order valence-electron chi connectivity index (χ2n) is 4.22. The van der Waals surface area contributed by atoms with Gasteiger partial charge in [0.2, 0.25) is 10.0 Å². The Balaban J connectivity index is 2.79. The molecule has 0 aromatic heterocycles. The molecular formula is C10H19NO6S. The summed E-state index contributed by atoms with van der Waals surface area (Å²) in [4.78, 5) is 10.7. The molecule has 0 amide bonds. The molecule has 1 N–H and O–H groups in total. The van der Waals surface area contributed by atoms with Crippen molar-refractivity contribution in [3.8, 4) is 0 Å². The number of methoxy groups -OCH3 is 2. The van der Waals surface area contributed by atoms with E-state index in [0.29, 0.717) is 6.42 Å². The zero-order chi connectivity index (χ0) is 13.8. The highest BCUT2D eigenvalue weighted by Gasteiger charge is 2.40. The van der Waals surface area contributed by atoms with Crippen LogP contribution in [0, 0.1) is 0 Å². The van der Waals surface area contributed by atoms with Crippen LogP contribution in [-0.4, -0.2) is 69.1 Å². The Bertz CT molecular complexity index is 382. The number of hydrogen-bond donors (Lipinski definition) is 1. The maximum atomic E-state index is 12.0. The summed E-state index contributed by atoms with van der Waals surface area (Å²) in [6.07, 6.45) is -0.0344. The number of carboxylic acids is 1. The molecule has 2 atom stereocenters. The van der Waals surface area contributed by atoms with Crippen molar-refractivity contribution in [1.29, 1.82) is 0 Å². The van der Waals surface area contributed by atoms with Gasteiger partial charge >= 0.3 is 5.97 Å². The Hall–Kier alpha value is -0.700. The average molecular weight is 281 g/mol. The number of aliphatic carboxylic acids is 1. The molecule has 106 valence electrons. The van der Waals surface area contributed by atoms with Crippen molar-refractivity contribution in [2.24, 2.45) is 0 Å². The van der Waals surface area contributed by atoms with Crippen LogP contribution < -0.4 is 0 Å². The molecule has 2 unspecified atom stereocenters. The molecular weight excluding hydrogens is 262 g/mol. The Kier molecular flexibility index (Phi) is 5.51. The quantitative estimate of drug-likeness (QED) is 0.678. The standard InChI is InChI=1S/C10H19NO6S/c1-16-3-4-18(14,15)11-7-9(17-2)5-8(11)6-10(12)13/h8-9H,3-7H2,1-2H3,(H,12,13). The van der Waals surface area contributed by atoms with Crippen molar-refractivity contribution < 1.29 is 27.8 Å². The van der Waals surface area contributed by atoms with Crippen LogP contribution in [0.5, 0.6) is 0 Å². The molecule has 7 nitrogen and oxygen atoms in total. The number of sulfonamides is 1. The summed E-state index contributed by atoms with van der Waals surface area (Å²) in [7, 11) is -0.578. The fourth-order valence-electron chi connectivity index (χ4n) is 2.05. The van der Waals surface area contributed by atoms with E-state index in [9.17, 15) is 13.2 Å². The van der Waals surface area contributed by atoms with Gasteiger partial charge in [-0.25, -0.2) is 8.42 Å². The molecule has 1 rings (SSSR count). The highest BCUT2D eigenvalue weighted by atomic mass is 32.2. The molecule has 0 bridgehead atoms. The minimum Gasteiger partial charge on any atom is -0.481 e. The van der Waals surface area contributed by atoms with Crippen molar-refractivity contribution in [3.05, 3.63) is 0 Å². The van der Waals surface area contributed by atoms with E-state index in [1.54, 1.807) is 0 Å². The molecule has 0 spiro atoms. The molecule has 18 heavy (non-hydrogen) atoms. The molecule has 1 aliphatic heterocycles. The maximum absolute atomic E-state index is 12.0. The largest absolute Gasteiger partial charge is 0.481 e.